The molecular formula is C25H27N3O5S. The van der Waals surface area contributed by atoms with Crippen molar-refractivity contribution in [2.45, 2.75) is 23.5 Å². The molecule has 178 valence electrons. The Kier molecular flexibility index (Phi) is 6.49. The maximum absolute atomic E-state index is 12.9. The predicted octanol–water partition coefficient (Wildman–Crippen LogP) is 3.79. The highest BCUT2D eigenvalue weighted by Crippen LogP contribution is 2.40. The molecular weight excluding hydrogens is 454 g/mol. The SMILES string of the molecule is COc1cccc(NS(=O)(=O)c2ccc3c(c2)[C@@H](O)CC(c2cccc(C(=O)N(C)C)c2)N3)c1. The van der Waals surface area contributed by atoms with Crippen molar-refractivity contribution in [2.24, 2.45) is 0 Å². The Hall–Kier alpha value is -3.56. The molecule has 0 aliphatic carbocycles. The normalized spacial score (nSPS) is 17.3. The molecule has 1 unspecified atom stereocenters. The van der Waals surface area contributed by atoms with Gasteiger partial charge in [-0.1, -0.05) is 18.2 Å². The third-order valence-electron chi connectivity index (χ3n) is 5.75. The molecule has 0 saturated heterocycles. The summed E-state index contributed by atoms with van der Waals surface area (Å²) < 4.78 is 33.6. The molecule has 0 saturated carbocycles. The van der Waals surface area contributed by atoms with Crippen LogP contribution in [0.3, 0.4) is 0 Å². The highest BCUT2D eigenvalue weighted by Gasteiger charge is 2.28. The summed E-state index contributed by atoms with van der Waals surface area (Å²) in [4.78, 5) is 13.9. The van der Waals surface area contributed by atoms with Gasteiger partial charge in [-0.2, -0.15) is 0 Å². The van der Waals surface area contributed by atoms with Gasteiger partial charge >= 0.3 is 0 Å². The van der Waals surface area contributed by atoms with Gasteiger partial charge in [-0.05, 0) is 48.0 Å². The van der Waals surface area contributed by atoms with Gasteiger partial charge in [-0.25, -0.2) is 8.42 Å². The molecule has 1 aliphatic heterocycles. The van der Waals surface area contributed by atoms with Gasteiger partial charge < -0.3 is 20.1 Å². The average Bonchev–Trinajstić information content (AvgIpc) is 2.83. The van der Waals surface area contributed by atoms with Gasteiger partial charge in [-0.15, -0.1) is 0 Å². The van der Waals surface area contributed by atoms with E-state index in [0.29, 0.717) is 34.7 Å². The van der Waals surface area contributed by atoms with E-state index in [9.17, 15) is 18.3 Å². The van der Waals surface area contributed by atoms with E-state index < -0.39 is 16.1 Å². The zero-order valence-electron chi connectivity index (χ0n) is 19.1. The number of hydrogen-bond donors (Lipinski definition) is 3. The van der Waals surface area contributed by atoms with Gasteiger partial charge in [0.2, 0.25) is 0 Å². The van der Waals surface area contributed by atoms with Crippen LogP contribution in [0.25, 0.3) is 0 Å². The Labute approximate surface area is 199 Å². The summed E-state index contributed by atoms with van der Waals surface area (Å²) in [5.41, 5.74) is 2.96. The van der Waals surface area contributed by atoms with E-state index in [0.717, 1.165) is 5.56 Å². The molecule has 0 bridgehead atoms. The first kappa shape index (κ1) is 23.6. The first-order chi connectivity index (χ1) is 16.2. The molecule has 1 heterocycles. The number of benzene rings is 3. The lowest BCUT2D eigenvalue weighted by Crippen LogP contribution is -2.24. The van der Waals surface area contributed by atoms with Crippen LogP contribution in [0.2, 0.25) is 0 Å². The minimum absolute atomic E-state index is 0.0481. The van der Waals surface area contributed by atoms with Gasteiger partial charge in [0.1, 0.15) is 5.75 Å². The van der Waals surface area contributed by atoms with Crippen LogP contribution in [0.1, 0.15) is 40.1 Å². The van der Waals surface area contributed by atoms with Crippen LogP contribution >= 0.6 is 0 Å². The molecule has 4 rings (SSSR count). The Balaban J connectivity index is 1.58. The van der Waals surface area contributed by atoms with Crippen molar-refractivity contribution in [3.63, 3.8) is 0 Å². The van der Waals surface area contributed by atoms with Crippen molar-refractivity contribution in [2.75, 3.05) is 31.2 Å². The van der Waals surface area contributed by atoms with Crippen LogP contribution in [-0.4, -0.2) is 45.5 Å². The molecule has 1 aliphatic rings. The van der Waals surface area contributed by atoms with Crippen molar-refractivity contribution in [3.05, 3.63) is 83.4 Å². The molecule has 0 radical (unpaired) electrons. The average molecular weight is 482 g/mol. The van der Waals surface area contributed by atoms with Crippen LogP contribution in [0, 0.1) is 0 Å². The third-order valence-corrected chi connectivity index (χ3v) is 7.12. The molecule has 2 atom stereocenters. The van der Waals surface area contributed by atoms with Crippen LogP contribution in [0.5, 0.6) is 5.75 Å². The molecule has 0 spiro atoms. The van der Waals surface area contributed by atoms with E-state index >= 15 is 0 Å². The van der Waals surface area contributed by atoms with Gasteiger partial charge in [0.05, 0.1) is 29.8 Å². The van der Waals surface area contributed by atoms with Crippen molar-refractivity contribution >= 4 is 27.3 Å². The van der Waals surface area contributed by atoms with Crippen LogP contribution in [0.15, 0.2) is 71.6 Å². The van der Waals surface area contributed by atoms with E-state index in [1.54, 1.807) is 50.5 Å². The molecule has 34 heavy (non-hydrogen) atoms. The summed E-state index contributed by atoms with van der Waals surface area (Å²) in [6.45, 7) is 0. The first-order valence-electron chi connectivity index (χ1n) is 10.7. The Morgan fingerprint density at radius 2 is 1.85 bits per heavy atom. The number of hydrogen-bond acceptors (Lipinski definition) is 6. The summed E-state index contributed by atoms with van der Waals surface area (Å²) in [5, 5.41) is 14.2. The van der Waals surface area contributed by atoms with E-state index in [-0.39, 0.29) is 16.8 Å². The number of carbonyl (C=O) groups excluding carboxylic acids is 1. The van der Waals surface area contributed by atoms with E-state index in [2.05, 4.69) is 10.0 Å². The lowest BCUT2D eigenvalue weighted by molar-refractivity contribution is 0.0827. The minimum atomic E-state index is -3.87. The predicted molar refractivity (Wildman–Crippen MR) is 131 cm³/mol. The second kappa shape index (κ2) is 9.36. The molecule has 0 aromatic heterocycles. The monoisotopic (exact) mass is 481 g/mol. The van der Waals surface area contributed by atoms with Gasteiger partial charge in [0.25, 0.3) is 15.9 Å². The molecule has 3 aromatic carbocycles. The summed E-state index contributed by atoms with van der Waals surface area (Å²) >= 11 is 0. The lowest BCUT2D eigenvalue weighted by Gasteiger charge is -2.31. The van der Waals surface area contributed by atoms with Crippen molar-refractivity contribution in [1.29, 1.82) is 0 Å². The van der Waals surface area contributed by atoms with Crippen molar-refractivity contribution in [1.82, 2.24) is 4.90 Å². The fraction of sp³-hybridized carbons (Fsp3) is 0.240. The number of aliphatic hydroxyl groups excluding tert-OH is 1. The summed E-state index contributed by atoms with van der Waals surface area (Å²) in [6.07, 6.45) is -0.541. The van der Waals surface area contributed by atoms with Crippen molar-refractivity contribution < 1.29 is 23.1 Å². The minimum Gasteiger partial charge on any atom is -0.497 e. The third kappa shape index (κ3) is 4.85. The number of ether oxygens (including phenoxy) is 1. The molecule has 1 amide bonds. The molecule has 3 N–H and O–H groups in total. The number of fused-ring (bicyclic) bond motifs is 1. The number of nitrogens with one attached hydrogen (secondary N) is 2. The van der Waals surface area contributed by atoms with Crippen LogP contribution in [-0.2, 0) is 10.0 Å². The summed E-state index contributed by atoms with van der Waals surface area (Å²) in [7, 11) is 1.03. The van der Waals surface area contributed by atoms with E-state index in [4.69, 9.17) is 4.74 Å². The first-order valence-corrected chi connectivity index (χ1v) is 12.2. The molecule has 8 nitrogen and oxygen atoms in total. The smallest absolute Gasteiger partial charge is 0.261 e. The zero-order chi connectivity index (χ0) is 24.5. The highest BCUT2D eigenvalue weighted by atomic mass is 32.2. The van der Waals surface area contributed by atoms with Crippen molar-refractivity contribution in [3.8, 4) is 5.75 Å². The number of anilines is 2. The quantitative estimate of drug-likeness (QED) is 0.495. The number of methoxy groups -OCH3 is 1. The van der Waals surface area contributed by atoms with Gasteiger partial charge in [0.15, 0.2) is 0 Å². The molecule has 0 fully saturated rings. The number of sulfonamides is 1. The second-order valence-corrected chi connectivity index (χ2v) is 10.0. The highest BCUT2D eigenvalue weighted by molar-refractivity contribution is 7.92. The molecule has 9 heteroatoms. The topological polar surface area (TPSA) is 108 Å². The lowest BCUT2D eigenvalue weighted by atomic mass is 9.90. The fourth-order valence-corrected chi connectivity index (χ4v) is 5.06. The zero-order valence-corrected chi connectivity index (χ0v) is 20.0. The maximum atomic E-state index is 12.9. The second-order valence-electron chi connectivity index (χ2n) is 8.36. The number of amides is 1. The number of rotatable bonds is 6. The standard InChI is InChI=1S/C25H27N3O5S/c1-28(2)25(30)17-7-4-6-16(12-17)23-15-24(29)21-14-20(10-11-22(21)26-23)34(31,32)27-18-8-5-9-19(13-18)33-3/h4-14,23-24,26-27,29H,15H2,1-3H3/t23?,24-/m0/s1. The fourth-order valence-electron chi connectivity index (χ4n) is 3.98. The molecule has 3 aromatic rings. The van der Waals surface area contributed by atoms with Crippen LogP contribution < -0.4 is 14.8 Å². The van der Waals surface area contributed by atoms with Gasteiger partial charge in [-0.3, -0.25) is 9.52 Å². The Bertz CT molecular complexity index is 1320. The van der Waals surface area contributed by atoms with E-state index in [1.165, 1.54) is 24.1 Å². The van der Waals surface area contributed by atoms with Crippen LogP contribution in [0.4, 0.5) is 11.4 Å². The van der Waals surface area contributed by atoms with E-state index in [1.807, 2.05) is 18.2 Å². The number of aliphatic hydroxyl groups is 1. The summed E-state index contributed by atoms with van der Waals surface area (Å²) in [6, 6.07) is 18.3. The maximum Gasteiger partial charge on any atom is 0.261 e. The van der Waals surface area contributed by atoms with Gasteiger partial charge in [0, 0.05) is 43.4 Å². The number of nitrogens with zero attached hydrogens (tertiary/aromatic N) is 1. The largest absolute Gasteiger partial charge is 0.497 e. The summed E-state index contributed by atoms with van der Waals surface area (Å²) in [5.74, 6) is 0.435. The Morgan fingerprint density at radius 1 is 1.09 bits per heavy atom. The number of carbonyl (C=O) groups is 1. The Morgan fingerprint density at radius 3 is 2.59 bits per heavy atom.